The molecule has 6 heteroatoms. The molecule has 0 aliphatic carbocycles. The van der Waals surface area contributed by atoms with Crippen LogP contribution in [0.4, 0.5) is 5.69 Å². The van der Waals surface area contributed by atoms with Crippen LogP contribution in [-0.2, 0) is 9.53 Å². The topological polar surface area (TPSA) is 61.8 Å². The highest BCUT2D eigenvalue weighted by atomic mass is 35.5. The molecule has 2 N–H and O–H groups in total. The lowest BCUT2D eigenvalue weighted by molar-refractivity contribution is -0.120. The van der Waals surface area contributed by atoms with Gasteiger partial charge in [-0.25, -0.2) is 0 Å². The summed E-state index contributed by atoms with van der Waals surface area (Å²) < 4.78 is 5.33. The highest BCUT2D eigenvalue weighted by Crippen LogP contribution is 2.15. The van der Waals surface area contributed by atoms with Gasteiger partial charge in [0.15, 0.2) is 0 Å². The van der Waals surface area contributed by atoms with Crippen molar-refractivity contribution in [2.75, 3.05) is 38.2 Å². The van der Waals surface area contributed by atoms with Crippen LogP contribution in [0.25, 0.3) is 0 Å². The van der Waals surface area contributed by atoms with Gasteiger partial charge in [-0.15, -0.1) is 0 Å². The van der Waals surface area contributed by atoms with Crippen LogP contribution in [0.3, 0.4) is 0 Å². The fourth-order valence-corrected chi connectivity index (χ4v) is 2.19. The lowest BCUT2D eigenvalue weighted by Crippen LogP contribution is -2.46. The number of carbonyl (C=O) groups excluding carboxylic acids is 1. The molecule has 104 valence electrons. The van der Waals surface area contributed by atoms with Crippen molar-refractivity contribution in [2.45, 2.75) is 6.10 Å². The van der Waals surface area contributed by atoms with Gasteiger partial charge < -0.3 is 15.2 Å². The van der Waals surface area contributed by atoms with Crippen LogP contribution < -0.4 is 5.32 Å². The number of aliphatic hydroxyl groups is 1. The molecule has 19 heavy (non-hydrogen) atoms. The third-order valence-electron chi connectivity index (χ3n) is 2.90. The van der Waals surface area contributed by atoms with Gasteiger partial charge in [-0.3, -0.25) is 9.69 Å². The molecule has 0 radical (unpaired) electrons. The molecule has 1 aliphatic rings. The highest BCUT2D eigenvalue weighted by Gasteiger charge is 2.21. The van der Waals surface area contributed by atoms with E-state index in [4.69, 9.17) is 21.4 Å². The Morgan fingerprint density at radius 1 is 1.58 bits per heavy atom. The fourth-order valence-electron chi connectivity index (χ4n) is 2.00. The van der Waals surface area contributed by atoms with E-state index in [0.717, 1.165) is 0 Å². The van der Waals surface area contributed by atoms with Crippen molar-refractivity contribution in [1.29, 1.82) is 0 Å². The second-order valence-corrected chi connectivity index (χ2v) is 4.91. The van der Waals surface area contributed by atoms with Gasteiger partial charge in [0.25, 0.3) is 0 Å². The lowest BCUT2D eigenvalue weighted by Gasteiger charge is -2.31. The molecule has 1 atom stereocenters. The van der Waals surface area contributed by atoms with Crippen LogP contribution in [-0.4, -0.2) is 54.9 Å². The molecule has 2 rings (SSSR count). The number of hydrogen-bond acceptors (Lipinski definition) is 4. The normalized spacial score (nSPS) is 20.2. The maximum atomic E-state index is 11.9. The maximum Gasteiger partial charge on any atom is 0.238 e. The van der Waals surface area contributed by atoms with Crippen molar-refractivity contribution in [2.24, 2.45) is 0 Å². The Kier molecular flexibility index (Phi) is 5.15. The third kappa shape index (κ3) is 4.47. The van der Waals surface area contributed by atoms with Crippen LogP contribution in [0, 0.1) is 0 Å². The third-order valence-corrected chi connectivity index (χ3v) is 3.14. The van der Waals surface area contributed by atoms with E-state index in [1.54, 1.807) is 24.3 Å². The van der Waals surface area contributed by atoms with E-state index in [9.17, 15) is 4.79 Å². The Hall–Kier alpha value is -1.14. The minimum Gasteiger partial charge on any atom is -0.394 e. The number of benzene rings is 1. The van der Waals surface area contributed by atoms with Crippen molar-refractivity contribution >= 4 is 23.2 Å². The molecule has 0 saturated carbocycles. The van der Waals surface area contributed by atoms with E-state index in [1.165, 1.54) is 0 Å². The monoisotopic (exact) mass is 284 g/mol. The van der Waals surface area contributed by atoms with Crippen molar-refractivity contribution in [1.82, 2.24) is 4.90 Å². The van der Waals surface area contributed by atoms with E-state index in [0.29, 0.717) is 30.4 Å². The number of rotatable bonds is 4. The number of nitrogens with zero attached hydrogens (tertiary/aromatic N) is 1. The van der Waals surface area contributed by atoms with E-state index in [1.807, 2.05) is 4.90 Å². The predicted molar refractivity (Wildman–Crippen MR) is 73.3 cm³/mol. The van der Waals surface area contributed by atoms with Crippen molar-refractivity contribution in [3.05, 3.63) is 29.3 Å². The molecule has 0 aromatic heterocycles. The van der Waals surface area contributed by atoms with Gasteiger partial charge in [0.2, 0.25) is 5.91 Å². The minimum absolute atomic E-state index is 0.0214. The summed E-state index contributed by atoms with van der Waals surface area (Å²) in [5.41, 5.74) is 0.685. The number of morpholine rings is 1. The lowest BCUT2D eigenvalue weighted by atomic mass is 10.2. The molecule has 1 heterocycles. The summed E-state index contributed by atoms with van der Waals surface area (Å²) in [5, 5.41) is 12.4. The van der Waals surface area contributed by atoms with Crippen LogP contribution in [0.15, 0.2) is 24.3 Å². The van der Waals surface area contributed by atoms with E-state index in [2.05, 4.69) is 5.32 Å². The molecule has 1 aromatic carbocycles. The Bertz CT molecular complexity index is 442. The van der Waals surface area contributed by atoms with Gasteiger partial charge in [-0.05, 0) is 18.2 Å². The second-order valence-electron chi connectivity index (χ2n) is 4.47. The summed E-state index contributed by atoms with van der Waals surface area (Å²) in [5.74, 6) is -0.0964. The summed E-state index contributed by atoms with van der Waals surface area (Å²) in [4.78, 5) is 13.9. The minimum atomic E-state index is -0.201. The number of anilines is 1. The molecule has 1 unspecified atom stereocenters. The number of amides is 1. The average Bonchev–Trinajstić information content (AvgIpc) is 2.38. The second kappa shape index (κ2) is 6.86. The SMILES string of the molecule is O=C(CN1CCOC(CO)C1)Nc1cccc(Cl)c1. The Morgan fingerprint density at radius 2 is 2.42 bits per heavy atom. The molecule has 1 fully saturated rings. The number of nitrogens with one attached hydrogen (secondary N) is 1. The van der Waals surface area contributed by atoms with Crippen molar-refractivity contribution in [3.8, 4) is 0 Å². The van der Waals surface area contributed by atoms with Gasteiger partial charge in [0.1, 0.15) is 0 Å². The zero-order valence-electron chi connectivity index (χ0n) is 10.5. The smallest absolute Gasteiger partial charge is 0.238 e. The first-order valence-corrected chi connectivity index (χ1v) is 6.55. The highest BCUT2D eigenvalue weighted by molar-refractivity contribution is 6.30. The molecule has 0 bridgehead atoms. The van der Waals surface area contributed by atoms with Crippen molar-refractivity contribution < 1.29 is 14.6 Å². The van der Waals surface area contributed by atoms with Crippen molar-refractivity contribution in [3.63, 3.8) is 0 Å². The summed E-state index contributed by atoms with van der Waals surface area (Å²) in [6.07, 6.45) is -0.201. The quantitative estimate of drug-likeness (QED) is 0.865. The van der Waals surface area contributed by atoms with Gasteiger partial charge >= 0.3 is 0 Å². The molecule has 1 aromatic rings. The fraction of sp³-hybridized carbons (Fsp3) is 0.462. The van der Waals surface area contributed by atoms with Gasteiger partial charge in [0, 0.05) is 23.8 Å². The predicted octanol–water partition coefficient (Wildman–Crippen LogP) is 0.972. The first-order valence-electron chi connectivity index (χ1n) is 6.17. The Morgan fingerprint density at radius 3 is 3.16 bits per heavy atom. The first-order chi connectivity index (χ1) is 9.17. The number of aliphatic hydroxyl groups excluding tert-OH is 1. The Labute approximate surface area is 117 Å². The van der Waals surface area contributed by atoms with E-state index in [-0.39, 0.29) is 25.2 Å². The van der Waals surface area contributed by atoms with E-state index < -0.39 is 0 Å². The zero-order chi connectivity index (χ0) is 13.7. The van der Waals surface area contributed by atoms with Crippen LogP contribution >= 0.6 is 11.6 Å². The molecular weight excluding hydrogens is 268 g/mol. The number of halogens is 1. The maximum absolute atomic E-state index is 11.9. The summed E-state index contributed by atoms with van der Waals surface area (Å²) in [6, 6.07) is 7.04. The van der Waals surface area contributed by atoms with Crippen LogP contribution in [0.1, 0.15) is 0 Å². The molecule has 1 amide bonds. The number of ether oxygens (including phenoxy) is 1. The van der Waals surface area contributed by atoms with E-state index >= 15 is 0 Å². The zero-order valence-corrected chi connectivity index (χ0v) is 11.3. The molecule has 1 saturated heterocycles. The largest absolute Gasteiger partial charge is 0.394 e. The van der Waals surface area contributed by atoms with Gasteiger partial charge in [-0.2, -0.15) is 0 Å². The van der Waals surface area contributed by atoms with Gasteiger partial charge in [0.05, 0.1) is 25.9 Å². The summed E-state index contributed by atoms with van der Waals surface area (Å²) >= 11 is 5.85. The molecule has 1 aliphatic heterocycles. The molecule has 0 spiro atoms. The van der Waals surface area contributed by atoms with Crippen LogP contribution in [0.5, 0.6) is 0 Å². The number of hydrogen-bond donors (Lipinski definition) is 2. The summed E-state index contributed by atoms with van der Waals surface area (Å²) in [6.45, 7) is 2.06. The standard InChI is InChI=1S/C13H17ClN2O3/c14-10-2-1-3-11(6-10)15-13(18)8-16-4-5-19-12(7-16)9-17/h1-3,6,12,17H,4-5,7-9H2,(H,15,18). The first kappa shape index (κ1) is 14.3. The van der Waals surface area contributed by atoms with Crippen LogP contribution in [0.2, 0.25) is 5.02 Å². The molecular formula is C13H17ClN2O3. The molecule has 5 nitrogen and oxygen atoms in total. The average molecular weight is 285 g/mol. The van der Waals surface area contributed by atoms with Gasteiger partial charge in [-0.1, -0.05) is 17.7 Å². The summed E-state index contributed by atoms with van der Waals surface area (Å²) in [7, 11) is 0. The Balaban J connectivity index is 1.84. The number of carbonyl (C=O) groups is 1.